The minimum atomic E-state index is -2.06. The normalized spacial score (nSPS) is 42.9. The Morgan fingerprint density at radius 1 is 1.23 bits per heavy atom. The molecule has 0 unspecified atom stereocenters. The van der Waals surface area contributed by atoms with Gasteiger partial charge in [-0.15, -0.1) is 0 Å². The quantitative estimate of drug-likeness (QED) is 0.267. The fraction of sp³-hybridized carbons (Fsp3) is 0.917. The summed E-state index contributed by atoms with van der Waals surface area (Å²) in [4.78, 5) is 12.4. The Morgan fingerprint density at radius 2 is 1.90 bits per heavy atom. The minimum absolute atomic E-state index is 0.00997. The standard InChI is InChI=1S/C24H41NO4Si/c1-21(2,3)30(6,7)29-20-9-10-22(4,5)15-23(20)14-18(26)17-12-16-8-11-24(17,23)19(13-16)25(27)28/h12,16,18-20,26H,8-11,13-15H2,1-7H3/t16-,18-,19+,20+,23+,24-/m1/s1. The zero-order chi connectivity index (χ0) is 22.3. The second kappa shape index (κ2) is 6.64. The molecule has 1 N–H and O–H groups in total. The summed E-state index contributed by atoms with van der Waals surface area (Å²) in [6.45, 7) is 16.0. The zero-order valence-corrected chi connectivity index (χ0v) is 21.0. The Balaban J connectivity index is 1.87. The summed E-state index contributed by atoms with van der Waals surface area (Å²) < 4.78 is 7.12. The van der Waals surface area contributed by atoms with Crippen LogP contribution in [0.1, 0.15) is 79.6 Å². The van der Waals surface area contributed by atoms with Gasteiger partial charge in [0.25, 0.3) is 0 Å². The van der Waals surface area contributed by atoms with Crippen LogP contribution in [0, 0.1) is 32.3 Å². The zero-order valence-electron chi connectivity index (χ0n) is 20.0. The van der Waals surface area contributed by atoms with Gasteiger partial charge in [0.1, 0.15) is 0 Å². The molecule has 2 bridgehead atoms. The summed E-state index contributed by atoms with van der Waals surface area (Å²) in [5.41, 5.74) is 0.203. The minimum Gasteiger partial charge on any atom is -0.413 e. The average molecular weight is 436 g/mol. The second-order valence-electron chi connectivity index (χ2n) is 13.1. The maximum absolute atomic E-state index is 12.4. The molecule has 3 fully saturated rings. The smallest absolute Gasteiger partial charge is 0.223 e. The van der Waals surface area contributed by atoms with E-state index in [-0.39, 0.29) is 32.8 Å². The summed E-state index contributed by atoms with van der Waals surface area (Å²) in [6.07, 6.45) is 7.67. The molecule has 0 aromatic heterocycles. The van der Waals surface area contributed by atoms with Crippen molar-refractivity contribution in [2.24, 2.45) is 22.2 Å². The molecule has 5 aliphatic carbocycles. The third-order valence-electron chi connectivity index (χ3n) is 9.73. The van der Waals surface area contributed by atoms with Gasteiger partial charge in [0, 0.05) is 16.8 Å². The van der Waals surface area contributed by atoms with Crippen LogP contribution in [-0.2, 0) is 4.43 Å². The molecule has 0 radical (unpaired) electrons. The first kappa shape index (κ1) is 22.5. The monoisotopic (exact) mass is 435 g/mol. The highest BCUT2D eigenvalue weighted by Crippen LogP contribution is 2.73. The Bertz CT molecular complexity index is 770. The van der Waals surface area contributed by atoms with Gasteiger partial charge in [0.05, 0.1) is 17.6 Å². The highest BCUT2D eigenvalue weighted by molar-refractivity contribution is 6.74. The molecule has 6 atom stereocenters. The van der Waals surface area contributed by atoms with E-state index < -0.39 is 25.9 Å². The lowest BCUT2D eigenvalue weighted by molar-refractivity contribution is -0.553. The molecule has 6 heteroatoms. The summed E-state index contributed by atoms with van der Waals surface area (Å²) in [5, 5.41) is 23.7. The van der Waals surface area contributed by atoms with E-state index in [0.717, 1.165) is 37.7 Å². The lowest BCUT2D eigenvalue weighted by Crippen LogP contribution is -2.64. The van der Waals surface area contributed by atoms with Gasteiger partial charge in [-0.05, 0) is 73.6 Å². The topological polar surface area (TPSA) is 72.6 Å². The lowest BCUT2D eigenvalue weighted by atomic mass is 9.44. The number of fused-ring (bicyclic) bond motifs is 2. The molecule has 0 amide bonds. The molecular formula is C24H41NO4Si. The molecule has 3 saturated carbocycles. The maximum Gasteiger partial charge on any atom is 0.223 e. The fourth-order valence-corrected chi connectivity index (χ4v) is 8.87. The summed E-state index contributed by atoms with van der Waals surface area (Å²) in [5.74, 6) is 0.249. The Labute approximate surface area is 182 Å². The molecule has 5 aliphatic rings. The third-order valence-corrected chi connectivity index (χ3v) is 14.2. The van der Waals surface area contributed by atoms with Crippen molar-refractivity contribution in [2.45, 2.75) is 116 Å². The number of rotatable bonds is 3. The van der Waals surface area contributed by atoms with Gasteiger partial charge in [0.15, 0.2) is 8.32 Å². The highest BCUT2D eigenvalue weighted by atomic mass is 28.4. The lowest BCUT2D eigenvalue weighted by Gasteiger charge is -2.61. The van der Waals surface area contributed by atoms with E-state index in [1.165, 1.54) is 0 Å². The highest BCUT2D eigenvalue weighted by Gasteiger charge is 2.74. The number of hydrogen-bond acceptors (Lipinski definition) is 4. The van der Waals surface area contributed by atoms with Gasteiger partial charge in [-0.3, -0.25) is 10.1 Å². The Kier molecular flexibility index (Phi) is 4.98. The summed E-state index contributed by atoms with van der Waals surface area (Å²) in [7, 11) is -2.06. The fourth-order valence-electron chi connectivity index (χ4n) is 7.46. The van der Waals surface area contributed by atoms with Gasteiger partial charge < -0.3 is 9.53 Å². The predicted octanol–water partition coefficient (Wildman–Crippen LogP) is 5.71. The van der Waals surface area contributed by atoms with Crippen LogP contribution < -0.4 is 0 Å². The number of nitrogens with zero attached hydrogens (tertiary/aromatic N) is 1. The molecular weight excluding hydrogens is 394 g/mol. The van der Waals surface area contributed by atoms with E-state index in [4.69, 9.17) is 4.43 Å². The Morgan fingerprint density at radius 3 is 2.50 bits per heavy atom. The molecule has 30 heavy (non-hydrogen) atoms. The predicted molar refractivity (Wildman–Crippen MR) is 121 cm³/mol. The molecule has 0 aliphatic heterocycles. The first-order valence-corrected chi connectivity index (χ1v) is 14.8. The average Bonchev–Trinajstić information content (AvgIpc) is 2.85. The molecule has 5 rings (SSSR count). The Hall–Kier alpha value is -0.723. The van der Waals surface area contributed by atoms with E-state index in [0.29, 0.717) is 12.8 Å². The molecule has 0 saturated heterocycles. The third kappa shape index (κ3) is 3.00. The van der Waals surface area contributed by atoms with Crippen LogP contribution in [0.5, 0.6) is 0 Å². The van der Waals surface area contributed by atoms with Crippen molar-refractivity contribution >= 4 is 8.32 Å². The van der Waals surface area contributed by atoms with Crippen LogP contribution in [-0.4, -0.2) is 36.6 Å². The van der Waals surface area contributed by atoms with E-state index in [1.807, 2.05) is 0 Å². The van der Waals surface area contributed by atoms with Crippen LogP contribution in [0.25, 0.3) is 0 Å². The van der Waals surface area contributed by atoms with Crippen molar-refractivity contribution in [3.8, 4) is 0 Å². The van der Waals surface area contributed by atoms with Crippen molar-refractivity contribution in [3.05, 3.63) is 21.8 Å². The van der Waals surface area contributed by atoms with E-state index in [2.05, 4.69) is 53.8 Å². The summed E-state index contributed by atoms with van der Waals surface area (Å²) >= 11 is 0. The van der Waals surface area contributed by atoms with Crippen LogP contribution >= 0.6 is 0 Å². The maximum atomic E-state index is 12.4. The van der Waals surface area contributed by atoms with Crippen molar-refractivity contribution < 1.29 is 14.5 Å². The van der Waals surface area contributed by atoms with Crippen LogP contribution in [0.2, 0.25) is 18.1 Å². The number of hydrogen-bond donors (Lipinski definition) is 1. The van der Waals surface area contributed by atoms with Gasteiger partial charge >= 0.3 is 0 Å². The van der Waals surface area contributed by atoms with Crippen LogP contribution in [0.3, 0.4) is 0 Å². The number of aliphatic hydroxyl groups excluding tert-OH is 1. The van der Waals surface area contributed by atoms with E-state index in [1.54, 1.807) is 0 Å². The van der Waals surface area contributed by atoms with E-state index >= 15 is 0 Å². The van der Waals surface area contributed by atoms with Gasteiger partial charge in [-0.1, -0.05) is 40.7 Å². The number of aliphatic hydroxyl groups is 1. The van der Waals surface area contributed by atoms with Gasteiger partial charge in [0.2, 0.25) is 6.04 Å². The number of nitro groups is 1. The largest absolute Gasteiger partial charge is 0.413 e. The molecule has 170 valence electrons. The molecule has 2 spiro atoms. The van der Waals surface area contributed by atoms with Gasteiger partial charge in [-0.25, -0.2) is 0 Å². The van der Waals surface area contributed by atoms with Gasteiger partial charge in [-0.2, -0.15) is 0 Å². The molecule has 0 aromatic carbocycles. The van der Waals surface area contributed by atoms with Crippen molar-refractivity contribution in [3.63, 3.8) is 0 Å². The number of allylic oxidation sites excluding steroid dienone is 1. The van der Waals surface area contributed by atoms with Crippen molar-refractivity contribution in [1.82, 2.24) is 0 Å². The first-order valence-electron chi connectivity index (χ1n) is 11.9. The van der Waals surface area contributed by atoms with Crippen molar-refractivity contribution in [1.29, 1.82) is 0 Å². The second-order valence-corrected chi connectivity index (χ2v) is 17.8. The van der Waals surface area contributed by atoms with Crippen LogP contribution in [0.15, 0.2) is 11.6 Å². The van der Waals surface area contributed by atoms with E-state index in [9.17, 15) is 15.2 Å². The SMILES string of the molecule is CC1(C)CC[C@H](O[Si](C)(C)C(C)(C)C)[C@]2(C[C@@H](O)C3=C[C@H]4CC[C@]32[C@@H]([N+](=O)[O-])C4)C1. The molecule has 0 heterocycles. The summed E-state index contributed by atoms with van der Waals surface area (Å²) in [6, 6.07) is -0.590. The van der Waals surface area contributed by atoms with Crippen molar-refractivity contribution in [2.75, 3.05) is 0 Å². The molecule has 5 nitrogen and oxygen atoms in total. The first-order chi connectivity index (χ1) is 13.7. The molecule has 0 aromatic rings. The van der Waals surface area contributed by atoms with Crippen LogP contribution in [0.4, 0.5) is 0 Å².